The second-order valence-electron chi connectivity index (χ2n) is 2.46. The molecule has 0 atom stereocenters. The van der Waals surface area contributed by atoms with Gasteiger partial charge in [-0.15, -0.1) is 0 Å². The van der Waals surface area contributed by atoms with Crippen LogP contribution in [0.15, 0.2) is 22.7 Å². The van der Waals surface area contributed by atoms with Crippen molar-refractivity contribution in [3.05, 3.63) is 22.7 Å². The first-order chi connectivity index (χ1) is 5.95. The normalized spacial score (nSPS) is 11.5. The third-order valence-corrected chi connectivity index (χ3v) is 2.28. The van der Waals surface area contributed by atoms with E-state index in [9.17, 15) is 12.9 Å². The number of benzene rings is 1. The van der Waals surface area contributed by atoms with Crippen LogP contribution in [0.5, 0.6) is 5.75 Å². The Labute approximate surface area is 82.1 Å². The van der Waals surface area contributed by atoms with E-state index in [0.29, 0.717) is 0 Å². The molecule has 0 N–H and O–H groups in total. The van der Waals surface area contributed by atoms with Crippen LogP contribution >= 0.6 is 15.9 Å². The van der Waals surface area contributed by atoms with Gasteiger partial charge in [-0.05, 0) is 22.7 Å². The summed E-state index contributed by atoms with van der Waals surface area (Å²) < 4.78 is 41.8. The van der Waals surface area contributed by atoms with Crippen LogP contribution in [0, 0.1) is 0 Å². The SMILES string of the molecule is COc1ccc(Br)c([B-](F)(F)F)c1. The zero-order chi connectivity index (χ0) is 10.1. The minimum atomic E-state index is -4.98. The number of hydrogen-bond acceptors (Lipinski definition) is 1. The van der Waals surface area contributed by atoms with Crippen molar-refractivity contribution in [2.24, 2.45) is 0 Å². The zero-order valence-electron chi connectivity index (χ0n) is 6.73. The first kappa shape index (κ1) is 10.4. The molecule has 6 heteroatoms. The molecule has 0 amide bonds. The maximum absolute atomic E-state index is 12.3. The molecule has 13 heavy (non-hydrogen) atoms. The minimum Gasteiger partial charge on any atom is -0.497 e. The third-order valence-electron chi connectivity index (χ3n) is 1.56. The third kappa shape index (κ3) is 2.40. The van der Waals surface area contributed by atoms with Gasteiger partial charge in [0.2, 0.25) is 0 Å². The molecule has 0 unspecified atom stereocenters. The molecule has 1 nitrogen and oxygen atoms in total. The van der Waals surface area contributed by atoms with Crippen molar-refractivity contribution in [3.63, 3.8) is 0 Å². The van der Waals surface area contributed by atoms with Crippen molar-refractivity contribution in [1.29, 1.82) is 0 Å². The molecule has 0 bridgehead atoms. The van der Waals surface area contributed by atoms with Gasteiger partial charge in [0.05, 0.1) is 7.11 Å². The average Bonchev–Trinajstić information content (AvgIpc) is 2.03. The molecule has 72 valence electrons. The van der Waals surface area contributed by atoms with Crippen molar-refractivity contribution in [2.45, 2.75) is 0 Å². The monoisotopic (exact) mass is 253 g/mol. The molecule has 0 saturated carbocycles. The van der Waals surface area contributed by atoms with E-state index in [0.717, 1.165) is 6.07 Å². The van der Waals surface area contributed by atoms with Gasteiger partial charge in [0.1, 0.15) is 5.75 Å². The van der Waals surface area contributed by atoms with Crippen LogP contribution in [0.4, 0.5) is 12.9 Å². The number of rotatable bonds is 2. The maximum Gasteiger partial charge on any atom is 0.510 e. The van der Waals surface area contributed by atoms with E-state index < -0.39 is 12.4 Å². The Morgan fingerprint density at radius 3 is 2.38 bits per heavy atom. The molecule has 0 saturated heterocycles. The highest BCUT2D eigenvalue weighted by atomic mass is 79.9. The van der Waals surface area contributed by atoms with Crippen LogP contribution < -0.4 is 10.2 Å². The first-order valence-electron chi connectivity index (χ1n) is 3.48. The summed E-state index contributed by atoms with van der Waals surface area (Å²) in [6.07, 6.45) is 0. The molecule has 0 heterocycles. The second-order valence-corrected chi connectivity index (χ2v) is 3.32. The fourth-order valence-electron chi connectivity index (χ4n) is 0.900. The summed E-state index contributed by atoms with van der Waals surface area (Å²) in [6.45, 7) is -4.98. The minimum absolute atomic E-state index is 0.0424. The van der Waals surface area contributed by atoms with E-state index in [1.54, 1.807) is 0 Å². The van der Waals surface area contributed by atoms with E-state index >= 15 is 0 Å². The van der Waals surface area contributed by atoms with E-state index in [4.69, 9.17) is 4.74 Å². The topological polar surface area (TPSA) is 9.23 Å². The zero-order valence-corrected chi connectivity index (χ0v) is 8.32. The summed E-state index contributed by atoms with van der Waals surface area (Å²) in [5.41, 5.74) is -0.667. The Balaban J connectivity index is 3.19. The van der Waals surface area contributed by atoms with Crippen molar-refractivity contribution < 1.29 is 17.7 Å². The molecule has 1 aromatic rings. The van der Waals surface area contributed by atoms with Gasteiger partial charge < -0.3 is 17.7 Å². The highest BCUT2D eigenvalue weighted by molar-refractivity contribution is 9.10. The van der Waals surface area contributed by atoms with Gasteiger partial charge in [0.25, 0.3) is 0 Å². The molecule has 1 rings (SSSR count). The van der Waals surface area contributed by atoms with Gasteiger partial charge in [0.15, 0.2) is 0 Å². The lowest BCUT2D eigenvalue weighted by Crippen LogP contribution is -2.35. The van der Waals surface area contributed by atoms with Crippen molar-refractivity contribution in [2.75, 3.05) is 7.11 Å². The highest BCUT2D eigenvalue weighted by Crippen LogP contribution is 2.20. The summed E-state index contributed by atoms with van der Waals surface area (Å²) in [7, 11) is 1.33. The van der Waals surface area contributed by atoms with Gasteiger partial charge in [-0.25, -0.2) is 0 Å². The Kier molecular flexibility index (Phi) is 2.90. The highest BCUT2D eigenvalue weighted by Gasteiger charge is 2.28. The quantitative estimate of drug-likeness (QED) is 0.736. The maximum atomic E-state index is 12.3. The van der Waals surface area contributed by atoms with Crippen LogP contribution in [-0.2, 0) is 0 Å². The predicted molar refractivity (Wildman–Crippen MR) is 49.4 cm³/mol. The van der Waals surface area contributed by atoms with Crippen molar-refractivity contribution >= 4 is 28.4 Å². The molecule has 1 aromatic carbocycles. The molecule has 0 spiro atoms. The Bertz CT molecular complexity index is 313. The van der Waals surface area contributed by atoms with E-state index in [2.05, 4.69) is 15.9 Å². The number of hydrogen-bond donors (Lipinski definition) is 0. The molecular formula is C7H6BBrF3O-. The van der Waals surface area contributed by atoms with Crippen molar-refractivity contribution in [1.82, 2.24) is 0 Å². The Morgan fingerprint density at radius 1 is 1.31 bits per heavy atom. The molecule has 0 aliphatic carbocycles. The predicted octanol–water partition coefficient (Wildman–Crippen LogP) is 2.51. The lowest BCUT2D eigenvalue weighted by Gasteiger charge is -2.17. The smallest absolute Gasteiger partial charge is 0.497 e. The van der Waals surface area contributed by atoms with Gasteiger partial charge in [-0.2, -0.15) is 0 Å². The summed E-state index contributed by atoms with van der Waals surface area (Å²) in [6, 6.07) is 3.77. The Morgan fingerprint density at radius 2 is 1.92 bits per heavy atom. The van der Waals surface area contributed by atoms with Crippen LogP contribution in [0.1, 0.15) is 0 Å². The van der Waals surface area contributed by atoms with E-state index in [1.165, 1.54) is 19.2 Å². The van der Waals surface area contributed by atoms with Crippen molar-refractivity contribution in [3.8, 4) is 5.75 Å². The standard InChI is InChI=1S/C7H6BBrF3O/c1-13-5-2-3-7(9)6(4-5)8(10,11)12/h2-4H,1H3/q-1. The number of halogens is 4. The van der Waals surface area contributed by atoms with E-state index in [1.807, 2.05) is 0 Å². The average molecular weight is 254 g/mol. The fourth-order valence-corrected chi connectivity index (χ4v) is 1.41. The first-order valence-corrected chi connectivity index (χ1v) is 4.28. The van der Waals surface area contributed by atoms with Crippen LogP contribution in [0.3, 0.4) is 0 Å². The molecule has 0 radical (unpaired) electrons. The fraction of sp³-hybridized carbons (Fsp3) is 0.143. The molecule has 0 aliphatic heterocycles. The molecule has 0 aromatic heterocycles. The summed E-state index contributed by atoms with van der Waals surface area (Å²) in [5.74, 6) is 0.206. The number of ether oxygens (including phenoxy) is 1. The largest absolute Gasteiger partial charge is 0.510 e. The van der Waals surface area contributed by atoms with Gasteiger partial charge in [-0.1, -0.05) is 21.4 Å². The van der Waals surface area contributed by atoms with Crippen LogP contribution in [0.2, 0.25) is 0 Å². The summed E-state index contributed by atoms with van der Waals surface area (Å²) in [4.78, 5) is 0. The molecule has 0 aliphatic rings. The van der Waals surface area contributed by atoms with Gasteiger partial charge >= 0.3 is 6.98 Å². The molecule has 0 fully saturated rings. The second kappa shape index (κ2) is 3.61. The van der Waals surface area contributed by atoms with Gasteiger partial charge in [-0.3, -0.25) is 0 Å². The lowest BCUT2D eigenvalue weighted by molar-refractivity contribution is 0.414. The summed E-state index contributed by atoms with van der Waals surface area (Å²) in [5, 5.41) is 0. The number of methoxy groups -OCH3 is 1. The van der Waals surface area contributed by atoms with Crippen LogP contribution in [0.25, 0.3) is 0 Å². The van der Waals surface area contributed by atoms with Crippen LogP contribution in [-0.4, -0.2) is 14.1 Å². The molecular weight excluding hydrogens is 248 g/mol. The summed E-state index contributed by atoms with van der Waals surface area (Å²) >= 11 is 2.84. The lowest BCUT2D eigenvalue weighted by atomic mass is 9.80. The van der Waals surface area contributed by atoms with Gasteiger partial charge in [0, 0.05) is 0 Å². The van der Waals surface area contributed by atoms with E-state index in [-0.39, 0.29) is 10.2 Å². The Hall–Kier alpha value is -0.645.